The predicted octanol–water partition coefficient (Wildman–Crippen LogP) is 5.36. The number of alkyl halides is 6. The largest absolute Gasteiger partial charge is 0.471 e. The fourth-order valence-electron chi connectivity index (χ4n) is 3.90. The molecular weight excluding hydrogens is 452 g/mol. The van der Waals surface area contributed by atoms with E-state index in [0.717, 1.165) is 0 Å². The summed E-state index contributed by atoms with van der Waals surface area (Å²) in [6, 6.07) is 10.5. The summed E-state index contributed by atoms with van der Waals surface area (Å²) < 4.78 is 84.9. The van der Waals surface area contributed by atoms with Gasteiger partial charge in [0.1, 0.15) is 17.1 Å². The number of carbonyl (C=O) groups excluding carboxylic acids is 1. The molecule has 180 valence electrons. The third-order valence-corrected chi connectivity index (χ3v) is 5.36. The minimum Gasteiger partial charge on any atom is -0.457 e. The minimum atomic E-state index is -4.98. The van der Waals surface area contributed by atoms with Gasteiger partial charge in [-0.1, -0.05) is 18.2 Å². The van der Waals surface area contributed by atoms with Gasteiger partial charge < -0.3 is 20.7 Å². The number of nitrogens with two attached hydrogens (primary N) is 1. The van der Waals surface area contributed by atoms with Crippen molar-refractivity contribution in [2.75, 3.05) is 30.3 Å². The van der Waals surface area contributed by atoms with E-state index in [9.17, 15) is 31.1 Å². The zero-order chi connectivity index (χ0) is 24.2. The molecule has 1 aliphatic rings. The average Bonchev–Trinajstić information content (AvgIpc) is 2.74. The Bertz CT molecular complexity index is 963. The zero-order valence-electron chi connectivity index (χ0n) is 17.5. The van der Waals surface area contributed by atoms with Crippen molar-refractivity contribution in [3.63, 3.8) is 0 Å². The van der Waals surface area contributed by atoms with Crippen LogP contribution in [-0.4, -0.2) is 31.7 Å². The van der Waals surface area contributed by atoms with Crippen molar-refractivity contribution in [3.8, 4) is 11.5 Å². The lowest BCUT2D eigenvalue weighted by Crippen LogP contribution is -2.40. The zero-order valence-corrected chi connectivity index (χ0v) is 17.5. The summed E-state index contributed by atoms with van der Waals surface area (Å²) in [6.07, 6.45) is -8.41. The molecule has 11 heteroatoms. The molecule has 3 rings (SSSR count). The number of ether oxygens (including phenoxy) is 1. The van der Waals surface area contributed by atoms with Crippen molar-refractivity contribution < 1.29 is 35.9 Å². The van der Waals surface area contributed by atoms with Gasteiger partial charge in [-0.15, -0.1) is 0 Å². The van der Waals surface area contributed by atoms with Gasteiger partial charge >= 0.3 is 18.3 Å². The second-order valence-corrected chi connectivity index (χ2v) is 7.79. The Balaban J connectivity index is 1.82. The van der Waals surface area contributed by atoms with Crippen LogP contribution in [0.3, 0.4) is 0 Å². The molecular formula is C22H23F6N3O2. The van der Waals surface area contributed by atoms with Gasteiger partial charge in [0.2, 0.25) is 0 Å². The Morgan fingerprint density at radius 2 is 1.79 bits per heavy atom. The fourth-order valence-corrected chi connectivity index (χ4v) is 3.90. The summed E-state index contributed by atoms with van der Waals surface area (Å²) in [6.45, 7) is 0.229. The monoisotopic (exact) mass is 475 g/mol. The van der Waals surface area contributed by atoms with E-state index in [-0.39, 0.29) is 42.6 Å². The number of nitrogen functional groups attached to an aromatic ring is 1. The Hall–Kier alpha value is -3.11. The quantitative estimate of drug-likeness (QED) is 0.436. The van der Waals surface area contributed by atoms with Crippen LogP contribution in [0.25, 0.3) is 0 Å². The summed E-state index contributed by atoms with van der Waals surface area (Å²) in [4.78, 5) is 12.5. The molecule has 33 heavy (non-hydrogen) atoms. The molecule has 0 unspecified atom stereocenters. The fraction of sp³-hybridized carbons (Fsp3) is 0.409. The highest BCUT2D eigenvalue weighted by Crippen LogP contribution is 2.47. The lowest BCUT2D eigenvalue weighted by atomic mass is 9.93. The van der Waals surface area contributed by atoms with E-state index in [1.165, 1.54) is 29.2 Å². The predicted molar refractivity (Wildman–Crippen MR) is 111 cm³/mol. The van der Waals surface area contributed by atoms with E-state index >= 15 is 0 Å². The molecule has 0 radical (unpaired) electrons. The third-order valence-electron chi connectivity index (χ3n) is 5.36. The summed E-state index contributed by atoms with van der Waals surface area (Å²) in [7, 11) is 0. The Labute approximate surface area is 186 Å². The van der Waals surface area contributed by atoms with Crippen LogP contribution >= 0.6 is 0 Å². The SMILES string of the molecule is Nc1ccc(Oc2ccccc2)c(C(F)(F)F)c1N1CCC[C@@H](CCNC(=O)C(F)(F)F)C1. The molecule has 1 atom stereocenters. The van der Waals surface area contributed by atoms with Crippen molar-refractivity contribution >= 4 is 17.3 Å². The van der Waals surface area contributed by atoms with Crippen LogP contribution in [0.5, 0.6) is 11.5 Å². The molecule has 3 N–H and O–H groups in total. The summed E-state index contributed by atoms with van der Waals surface area (Å²) in [5, 5.41) is 1.80. The number of amides is 1. The number of hydrogen-bond acceptors (Lipinski definition) is 4. The standard InChI is InChI=1S/C22H23F6N3O2/c23-21(24,25)18-17(33-15-6-2-1-3-7-15)9-8-16(29)19(18)31-12-4-5-14(13-31)10-11-30-20(32)22(26,27)28/h1-3,6-9,14H,4-5,10-13,29H2,(H,30,32)/t14-/m0/s1. The van der Waals surface area contributed by atoms with E-state index in [0.29, 0.717) is 19.4 Å². The number of hydrogen-bond donors (Lipinski definition) is 2. The van der Waals surface area contributed by atoms with Gasteiger partial charge in [-0.05, 0) is 49.4 Å². The van der Waals surface area contributed by atoms with Gasteiger partial charge in [-0.3, -0.25) is 4.79 Å². The molecule has 2 aromatic rings. The Kier molecular flexibility index (Phi) is 7.28. The minimum absolute atomic E-state index is 0.0752. The van der Waals surface area contributed by atoms with Gasteiger partial charge in [0.15, 0.2) is 0 Å². The van der Waals surface area contributed by atoms with Crippen LogP contribution in [0.1, 0.15) is 24.8 Å². The molecule has 0 saturated carbocycles. The number of piperidine rings is 1. The molecule has 1 heterocycles. The van der Waals surface area contributed by atoms with Crippen LogP contribution in [-0.2, 0) is 11.0 Å². The molecule has 0 bridgehead atoms. The molecule has 0 aromatic heterocycles. The second kappa shape index (κ2) is 9.80. The van der Waals surface area contributed by atoms with Crippen molar-refractivity contribution in [2.45, 2.75) is 31.6 Å². The van der Waals surface area contributed by atoms with Gasteiger partial charge in [0.05, 0.1) is 11.4 Å². The maximum atomic E-state index is 14.1. The molecule has 1 saturated heterocycles. The van der Waals surface area contributed by atoms with Crippen molar-refractivity contribution in [2.24, 2.45) is 5.92 Å². The number of nitrogens with zero attached hydrogens (tertiary/aromatic N) is 1. The lowest BCUT2D eigenvalue weighted by Gasteiger charge is -2.37. The molecule has 1 fully saturated rings. The maximum Gasteiger partial charge on any atom is 0.471 e. The summed E-state index contributed by atoms with van der Waals surface area (Å²) in [5.41, 5.74) is 4.68. The average molecular weight is 475 g/mol. The highest BCUT2D eigenvalue weighted by atomic mass is 19.4. The number of rotatable bonds is 6. The maximum absolute atomic E-state index is 14.1. The van der Waals surface area contributed by atoms with Crippen LogP contribution < -0.4 is 20.7 Å². The Morgan fingerprint density at radius 3 is 2.42 bits per heavy atom. The van der Waals surface area contributed by atoms with Gasteiger partial charge in [-0.25, -0.2) is 0 Å². The van der Waals surface area contributed by atoms with E-state index in [4.69, 9.17) is 10.5 Å². The highest BCUT2D eigenvalue weighted by Gasteiger charge is 2.41. The van der Waals surface area contributed by atoms with Crippen LogP contribution in [0, 0.1) is 5.92 Å². The molecule has 0 spiro atoms. The van der Waals surface area contributed by atoms with Gasteiger partial charge in [0, 0.05) is 19.6 Å². The van der Waals surface area contributed by atoms with Gasteiger partial charge in [-0.2, -0.15) is 26.3 Å². The normalized spacial score (nSPS) is 17.0. The van der Waals surface area contributed by atoms with E-state index in [2.05, 4.69) is 0 Å². The third kappa shape index (κ3) is 6.23. The van der Waals surface area contributed by atoms with Crippen molar-refractivity contribution in [1.82, 2.24) is 5.32 Å². The number of nitrogens with one attached hydrogen (secondary N) is 1. The first kappa shape index (κ1) is 24.5. The summed E-state index contributed by atoms with van der Waals surface area (Å²) >= 11 is 0. The molecule has 2 aromatic carbocycles. The number of para-hydroxylation sites is 1. The van der Waals surface area contributed by atoms with Crippen LogP contribution in [0.4, 0.5) is 37.7 Å². The van der Waals surface area contributed by atoms with Crippen molar-refractivity contribution in [3.05, 3.63) is 48.0 Å². The highest BCUT2D eigenvalue weighted by molar-refractivity contribution is 5.81. The van der Waals surface area contributed by atoms with Crippen LogP contribution in [0.15, 0.2) is 42.5 Å². The van der Waals surface area contributed by atoms with E-state index < -0.39 is 29.6 Å². The van der Waals surface area contributed by atoms with Crippen molar-refractivity contribution in [1.29, 1.82) is 0 Å². The number of carbonyl (C=O) groups is 1. The Morgan fingerprint density at radius 1 is 1.09 bits per heavy atom. The number of benzene rings is 2. The smallest absolute Gasteiger partial charge is 0.457 e. The lowest BCUT2D eigenvalue weighted by molar-refractivity contribution is -0.173. The van der Waals surface area contributed by atoms with E-state index in [1.807, 2.05) is 0 Å². The van der Waals surface area contributed by atoms with Crippen LogP contribution in [0.2, 0.25) is 0 Å². The molecule has 5 nitrogen and oxygen atoms in total. The number of anilines is 2. The molecule has 1 amide bonds. The first-order valence-corrected chi connectivity index (χ1v) is 10.3. The first-order valence-electron chi connectivity index (χ1n) is 10.3. The topological polar surface area (TPSA) is 67.6 Å². The first-order chi connectivity index (χ1) is 15.5. The molecule has 1 aliphatic heterocycles. The van der Waals surface area contributed by atoms with Gasteiger partial charge in [0.25, 0.3) is 0 Å². The molecule has 0 aliphatic carbocycles. The number of halogens is 6. The second-order valence-electron chi connectivity index (χ2n) is 7.79. The summed E-state index contributed by atoms with van der Waals surface area (Å²) in [5.74, 6) is -2.41. The van der Waals surface area contributed by atoms with E-state index in [1.54, 1.807) is 23.5 Å².